The van der Waals surface area contributed by atoms with Gasteiger partial charge in [0.25, 0.3) is 0 Å². The van der Waals surface area contributed by atoms with Crippen molar-refractivity contribution in [3.8, 4) is 0 Å². The van der Waals surface area contributed by atoms with Gasteiger partial charge in [0.2, 0.25) is 0 Å². The third kappa shape index (κ3) is 0.536. The van der Waals surface area contributed by atoms with Crippen molar-refractivity contribution >= 4 is 7.28 Å². The third-order valence-corrected chi connectivity index (χ3v) is 0.957. The maximum absolute atomic E-state index is 2.16. The molecule has 1 aliphatic heterocycles. The second-order valence-corrected chi connectivity index (χ2v) is 1.65. The summed E-state index contributed by atoms with van der Waals surface area (Å²) >= 11 is 0. The lowest BCUT2D eigenvalue weighted by atomic mass is 9.74. The van der Waals surface area contributed by atoms with Gasteiger partial charge in [-0.2, -0.15) is 0 Å². The smallest absolute Gasteiger partial charge is 0.114 e. The predicted octanol–water partition coefficient (Wildman–Crippen LogP) is 0.854. The number of hydrogen-bond acceptors (Lipinski definition) is 0. The predicted molar refractivity (Wildman–Crippen MR) is 30.0 cm³/mol. The molecule has 0 bridgehead atoms. The van der Waals surface area contributed by atoms with Crippen LogP contribution in [0.1, 0.15) is 6.92 Å². The third-order valence-electron chi connectivity index (χ3n) is 0.957. The molecule has 0 saturated heterocycles. The lowest BCUT2D eigenvalue weighted by Gasteiger charge is -1.76. The molecule has 0 aromatic heterocycles. The zero-order valence-corrected chi connectivity index (χ0v) is 3.94. The number of allylic oxidation sites excluding steroid dienone is 3. The van der Waals surface area contributed by atoms with Crippen molar-refractivity contribution in [3.05, 3.63) is 23.6 Å². The molecular weight excluding hydrogens is 70.9 g/mol. The van der Waals surface area contributed by atoms with Crippen LogP contribution in [-0.2, 0) is 0 Å². The normalized spacial score (nSPS) is 17.2. The van der Waals surface area contributed by atoms with Crippen LogP contribution in [0.2, 0.25) is 0 Å². The minimum absolute atomic E-state index is 1.17. The molecule has 0 spiro atoms. The molecule has 0 amide bonds. The zero-order chi connectivity index (χ0) is 4.41. The van der Waals surface area contributed by atoms with Gasteiger partial charge in [-0.05, 0) is 0 Å². The van der Waals surface area contributed by atoms with Crippen LogP contribution in [0.15, 0.2) is 23.6 Å². The minimum Gasteiger partial charge on any atom is -0.114 e. The van der Waals surface area contributed by atoms with E-state index in [2.05, 4.69) is 25.1 Å². The molecule has 1 heterocycles. The Morgan fingerprint density at radius 3 is 2.67 bits per heavy atom. The lowest BCUT2D eigenvalue weighted by Crippen LogP contribution is -1.77. The summed E-state index contributed by atoms with van der Waals surface area (Å²) in [4.78, 5) is 0. The molecule has 1 heteroatoms. The summed E-state index contributed by atoms with van der Waals surface area (Å²) in [5.41, 5.74) is 1.47. The van der Waals surface area contributed by atoms with Gasteiger partial charge < -0.3 is 0 Å². The Balaban J connectivity index is 2.61. The average Bonchev–Trinajstić information content (AvgIpc) is 1.86. The molecule has 0 radical (unpaired) electrons. The Kier molecular flexibility index (Phi) is 0.828. The fourth-order valence-electron chi connectivity index (χ4n) is 0.554. The summed E-state index contributed by atoms with van der Waals surface area (Å²) < 4.78 is 0. The highest BCUT2D eigenvalue weighted by molar-refractivity contribution is 6.52. The van der Waals surface area contributed by atoms with E-state index in [4.69, 9.17) is 0 Å². The van der Waals surface area contributed by atoms with Crippen LogP contribution in [-0.4, -0.2) is 7.28 Å². The Morgan fingerprint density at radius 2 is 2.50 bits per heavy atom. The molecule has 0 fully saturated rings. The maximum atomic E-state index is 2.16. The first-order chi connectivity index (χ1) is 2.89. The first kappa shape index (κ1) is 3.73. The lowest BCUT2D eigenvalue weighted by molar-refractivity contribution is 1.67. The van der Waals surface area contributed by atoms with Crippen molar-refractivity contribution in [2.24, 2.45) is 0 Å². The van der Waals surface area contributed by atoms with E-state index >= 15 is 0 Å². The molecule has 0 aliphatic carbocycles. The molecule has 0 unspecified atom stereocenters. The van der Waals surface area contributed by atoms with Crippen LogP contribution in [0.5, 0.6) is 0 Å². The highest BCUT2D eigenvalue weighted by Crippen LogP contribution is 1.96. The van der Waals surface area contributed by atoms with E-state index < -0.39 is 0 Å². The van der Waals surface area contributed by atoms with Crippen LogP contribution in [0.25, 0.3) is 0 Å². The van der Waals surface area contributed by atoms with Gasteiger partial charge in [-0.3, -0.25) is 0 Å². The van der Waals surface area contributed by atoms with Crippen LogP contribution >= 0.6 is 0 Å². The first-order valence-electron chi connectivity index (χ1n) is 2.22. The minimum atomic E-state index is 1.17. The SMILES string of the molecule is CC1=CC=CB1. The average molecular weight is 77.9 g/mol. The van der Waals surface area contributed by atoms with Crippen molar-refractivity contribution in [2.45, 2.75) is 6.92 Å². The Hall–Kier alpha value is -0.455. The molecule has 0 nitrogen and oxygen atoms in total. The topological polar surface area (TPSA) is 0 Å². The molecular formula is C5H7B. The first-order valence-corrected chi connectivity index (χ1v) is 2.22. The molecule has 0 N–H and O–H groups in total. The number of rotatable bonds is 0. The second kappa shape index (κ2) is 1.33. The second-order valence-electron chi connectivity index (χ2n) is 1.65. The van der Waals surface area contributed by atoms with E-state index in [1.54, 1.807) is 0 Å². The Morgan fingerprint density at radius 1 is 1.67 bits per heavy atom. The highest BCUT2D eigenvalue weighted by Gasteiger charge is 1.89. The van der Waals surface area contributed by atoms with Crippen molar-refractivity contribution in [1.29, 1.82) is 0 Å². The zero-order valence-electron chi connectivity index (χ0n) is 3.94. The van der Waals surface area contributed by atoms with Crippen LogP contribution in [0.4, 0.5) is 0 Å². The molecule has 30 valence electrons. The van der Waals surface area contributed by atoms with Crippen LogP contribution < -0.4 is 0 Å². The largest absolute Gasteiger partial charge is 0.177 e. The van der Waals surface area contributed by atoms with Gasteiger partial charge in [0.15, 0.2) is 7.28 Å². The van der Waals surface area contributed by atoms with Gasteiger partial charge in [0, 0.05) is 0 Å². The van der Waals surface area contributed by atoms with Crippen molar-refractivity contribution in [3.63, 3.8) is 0 Å². The summed E-state index contributed by atoms with van der Waals surface area (Å²) in [7, 11) is 1.17. The van der Waals surface area contributed by atoms with Crippen molar-refractivity contribution in [1.82, 2.24) is 0 Å². The fraction of sp³-hybridized carbons (Fsp3) is 0.200. The molecule has 0 saturated carbocycles. The van der Waals surface area contributed by atoms with Crippen LogP contribution in [0, 0.1) is 0 Å². The summed E-state index contributed by atoms with van der Waals surface area (Å²) in [6, 6.07) is 0. The van der Waals surface area contributed by atoms with Gasteiger partial charge in [-0.15, -0.1) is 11.4 Å². The highest BCUT2D eigenvalue weighted by atomic mass is 13.7. The Bertz CT molecular complexity index is 101. The van der Waals surface area contributed by atoms with Gasteiger partial charge >= 0.3 is 0 Å². The van der Waals surface area contributed by atoms with Gasteiger partial charge in [0.1, 0.15) is 0 Å². The summed E-state index contributed by atoms with van der Waals surface area (Å²) in [5, 5.41) is 0. The van der Waals surface area contributed by atoms with Crippen molar-refractivity contribution < 1.29 is 0 Å². The van der Waals surface area contributed by atoms with Gasteiger partial charge in [0.05, 0.1) is 0 Å². The molecule has 6 heavy (non-hydrogen) atoms. The monoisotopic (exact) mass is 78.1 g/mol. The van der Waals surface area contributed by atoms with Gasteiger partial charge in [-0.25, -0.2) is 0 Å². The fourth-order valence-corrected chi connectivity index (χ4v) is 0.554. The summed E-state index contributed by atoms with van der Waals surface area (Å²) in [6.07, 6.45) is 4.23. The van der Waals surface area contributed by atoms with Crippen LogP contribution in [0.3, 0.4) is 0 Å². The van der Waals surface area contributed by atoms with E-state index in [1.807, 2.05) is 0 Å². The van der Waals surface area contributed by atoms with Crippen molar-refractivity contribution in [2.75, 3.05) is 0 Å². The van der Waals surface area contributed by atoms with Gasteiger partial charge in [-0.1, -0.05) is 19.1 Å². The standard InChI is InChI=1S/C5H7B/c1-5-3-2-4-6-5/h2-4,6H,1H3. The Labute approximate surface area is 38.8 Å². The summed E-state index contributed by atoms with van der Waals surface area (Å²) in [6.45, 7) is 2.14. The maximum Gasteiger partial charge on any atom is 0.177 e. The molecule has 1 aliphatic rings. The molecule has 0 atom stereocenters. The van der Waals surface area contributed by atoms with E-state index in [-0.39, 0.29) is 0 Å². The quantitative estimate of drug-likeness (QED) is 0.377. The molecule has 0 aromatic rings. The molecule has 0 aromatic carbocycles. The van der Waals surface area contributed by atoms with E-state index in [1.165, 1.54) is 12.8 Å². The van der Waals surface area contributed by atoms with E-state index in [0.29, 0.717) is 0 Å². The number of hydrogen-bond donors (Lipinski definition) is 0. The van der Waals surface area contributed by atoms with E-state index in [9.17, 15) is 0 Å². The molecule has 1 rings (SSSR count). The summed E-state index contributed by atoms with van der Waals surface area (Å²) in [5.74, 6) is 2.16. The van der Waals surface area contributed by atoms with E-state index in [0.717, 1.165) is 0 Å².